The van der Waals surface area contributed by atoms with E-state index in [1.807, 2.05) is 12.1 Å². The highest BCUT2D eigenvalue weighted by molar-refractivity contribution is 6.11. The average Bonchev–Trinajstić information content (AvgIpc) is 3.54. The second kappa shape index (κ2) is 7.91. The third-order valence-corrected chi connectivity index (χ3v) is 11.1. The Morgan fingerprint density at radius 3 is 1.93 bits per heavy atom. The van der Waals surface area contributed by atoms with Crippen LogP contribution in [0.25, 0.3) is 60.6 Å². The molecule has 2 heteroatoms. The van der Waals surface area contributed by atoms with Crippen LogP contribution in [-0.4, -0.2) is 4.57 Å². The van der Waals surface area contributed by atoms with Gasteiger partial charge in [0.15, 0.2) is 0 Å². The fraction of sp³-hybridized carbons (Fsp3) is 0.231. The van der Waals surface area contributed by atoms with Gasteiger partial charge in [0.25, 0.3) is 0 Å². The summed E-state index contributed by atoms with van der Waals surface area (Å²) in [6, 6.07) is 37.6. The van der Waals surface area contributed by atoms with Gasteiger partial charge in [-0.2, -0.15) is 0 Å². The molecule has 2 nitrogen and oxygen atoms in total. The predicted octanol–water partition coefficient (Wildman–Crippen LogP) is 10.9. The number of hydrogen-bond donors (Lipinski definition) is 0. The Kier molecular flexibility index (Phi) is 4.73. The first-order valence-electron chi connectivity index (χ1n) is 14.7. The molecule has 41 heavy (non-hydrogen) atoms. The van der Waals surface area contributed by atoms with Crippen LogP contribution in [0.3, 0.4) is 0 Å². The number of para-hydroxylation sites is 3. The summed E-state index contributed by atoms with van der Waals surface area (Å²) in [6.07, 6.45) is 0. The molecule has 1 aliphatic carbocycles. The van der Waals surface area contributed by atoms with Crippen LogP contribution in [0.1, 0.15) is 52.7 Å². The van der Waals surface area contributed by atoms with E-state index in [4.69, 9.17) is 4.42 Å². The maximum Gasteiger partial charge on any atom is 0.143 e. The maximum absolute atomic E-state index is 6.35. The van der Waals surface area contributed by atoms with Gasteiger partial charge in [0.05, 0.1) is 11.0 Å². The topological polar surface area (TPSA) is 18.1 Å². The van der Waals surface area contributed by atoms with Crippen molar-refractivity contribution in [1.29, 1.82) is 0 Å². The van der Waals surface area contributed by atoms with Crippen molar-refractivity contribution >= 4 is 43.7 Å². The highest BCUT2D eigenvalue weighted by atomic mass is 16.3. The van der Waals surface area contributed by atoms with Crippen LogP contribution < -0.4 is 0 Å². The van der Waals surface area contributed by atoms with E-state index in [-0.39, 0.29) is 16.2 Å². The van der Waals surface area contributed by atoms with Crippen LogP contribution in [0.2, 0.25) is 0 Å². The molecule has 7 aromatic rings. The van der Waals surface area contributed by atoms with Crippen molar-refractivity contribution in [2.75, 3.05) is 0 Å². The second-order valence-electron chi connectivity index (χ2n) is 13.5. The Labute approximate surface area is 241 Å². The molecular weight excluding hydrogens is 498 g/mol. The number of rotatable bonds is 2. The summed E-state index contributed by atoms with van der Waals surface area (Å²) < 4.78 is 8.80. The first-order valence-corrected chi connectivity index (χ1v) is 14.7. The molecule has 2 aromatic heterocycles. The van der Waals surface area contributed by atoms with Gasteiger partial charge in [0, 0.05) is 32.8 Å². The van der Waals surface area contributed by atoms with E-state index in [9.17, 15) is 0 Å². The summed E-state index contributed by atoms with van der Waals surface area (Å²) in [5.74, 6) is 0. The first-order chi connectivity index (χ1) is 19.6. The molecule has 0 saturated carbocycles. The molecular formula is C39H35NO. The first kappa shape index (κ1) is 24.5. The Hall–Kier alpha value is -4.30. The normalized spacial score (nSPS) is 17.1. The van der Waals surface area contributed by atoms with Crippen molar-refractivity contribution in [1.82, 2.24) is 4.57 Å². The summed E-state index contributed by atoms with van der Waals surface area (Å²) in [7, 11) is 0. The molecule has 8 rings (SSSR count). The van der Waals surface area contributed by atoms with Crippen LogP contribution in [0.15, 0.2) is 108 Å². The summed E-state index contributed by atoms with van der Waals surface area (Å²) in [6.45, 7) is 14.6. The fourth-order valence-electron chi connectivity index (χ4n) is 7.55. The van der Waals surface area contributed by atoms with Gasteiger partial charge < -0.3 is 8.98 Å². The lowest BCUT2D eigenvalue weighted by molar-refractivity contribution is 0.125. The Morgan fingerprint density at radius 2 is 1.17 bits per heavy atom. The van der Waals surface area contributed by atoms with Gasteiger partial charge in [-0.15, -0.1) is 0 Å². The van der Waals surface area contributed by atoms with Gasteiger partial charge in [-0.3, -0.25) is 0 Å². The lowest BCUT2D eigenvalue weighted by Gasteiger charge is -2.44. The van der Waals surface area contributed by atoms with Gasteiger partial charge in [-0.1, -0.05) is 108 Å². The number of aromatic nitrogens is 1. The van der Waals surface area contributed by atoms with Crippen LogP contribution in [0, 0.1) is 5.41 Å². The zero-order chi connectivity index (χ0) is 28.3. The molecule has 5 aromatic carbocycles. The molecule has 0 unspecified atom stereocenters. The SMILES string of the molecule is CC1(C)c2cc3c4ccccc4n(-c4ccc(-c5cccc6c5oc5ccccc56)cc4)c3cc2C(C)(C)C1(C)C. The number of hydrogen-bond acceptors (Lipinski definition) is 1. The number of furan rings is 1. The highest BCUT2D eigenvalue weighted by Crippen LogP contribution is 2.62. The van der Waals surface area contributed by atoms with E-state index < -0.39 is 0 Å². The highest BCUT2D eigenvalue weighted by Gasteiger charge is 2.56. The van der Waals surface area contributed by atoms with E-state index in [1.165, 1.54) is 38.6 Å². The lowest BCUT2D eigenvalue weighted by atomic mass is 9.59. The van der Waals surface area contributed by atoms with Crippen molar-refractivity contribution in [2.45, 2.75) is 52.4 Å². The second-order valence-corrected chi connectivity index (χ2v) is 13.5. The summed E-state index contributed by atoms with van der Waals surface area (Å²) >= 11 is 0. The van der Waals surface area contributed by atoms with Gasteiger partial charge in [0.1, 0.15) is 11.2 Å². The molecule has 0 N–H and O–H groups in total. The van der Waals surface area contributed by atoms with Crippen molar-refractivity contribution in [3.05, 3.63) is 114 Å². The minimum atomic E-state index is 0.0520. The third-order valence-electron chi connectivity index (χ3n) is 11.1. The van der Waals surface area contributed by atoms with Crippen molar-refractivity contribution in [3.8, 4) is 16.8 Å². The monoisotopic (exact) mass is 533 g/mol. The molecule has 0 fully saturated rings. The van der Waals surface area contributed by atoms with E-state index >= 15 is 0 Å². The quantitative estimate of drug-likeness (QED) is 0.216. The van der Waals surface area contributed by atoms with Gasteiger partial charge in [0.2, 0.25) is 0 Å². The molecule has 0 amide bonds. The predicted molar refractivity (Wildman–Crippen MR) is 173 cm³/mol. The fourth-order valence-corrected chi connectivity index (χ4v) is 7.55. The van der Waals surface area contributed by atoms with E-state index in [2.05, 4.69) is 137 Å². The Bertz CT molecular complexity index is 2170. The minimum Gasteiger partial charge on any atom is -0.455 e. The number of fused-ring (bicyclic) bond motifs is 7. The van der Waals surface area contributed by atoms with Crippen LogP contribution in [-0.2, 0) is 10.8 Å². The average molecular weight is 534 g/mol. The largest absolute Gasteiger partial charge is 0.455 e. The summed E-state index contributed by atoms with van der Waals surface area (Å²) in [5.41, 5.74) is 11.0. The summed E-state index contributed by atoms with van der Waals surface area (Å²) in [5, 5.41) is 4.96. The summed E-state index contributed by atoms with van der Waals surface area (Å²) in [4.78, 5) is 0. The van der Waals surface area contributed by atoms with Crippen LogP contribution in [0.5, 0.6) is 0 Å². The number of benzene rings is 5. The van der Waals surface area contributed by atoms with E-state index in [0.717, 1.165) is 33.1 Å². The Balaban J connectivity index is 1.34. The number of nitrogens with zero attached hydrogens (tertiary/aromatic N) is 1. The van der Waals surface area contributed by atoms with Crippen molar-refractivity contribution in [3.63, 3.8) is 0 Å². The van der Waals surface area contributed by atoms with Gasteiger partial charge in [-0.05, 0) is 69.3 Å². The lowest BCUT2D eigenvalue weighted by Crippen LogP contribution is -2.42. The minimum absolute atomic E-state index is 0.0520. The van der Waals surface area contributed by atoms with E-state index in [0.29, 0.717) is 0 Å². The van der Waals surface area contributed by atoms with Crippen molar-refractivity contribution < 1.29 is 4.42 Å². The van der Waals surface area contributed by atoms with Crippen molar-refractivity contribution in [2.24, 2.45) is 5.41 Å². The maximum atomic E-state index is 6.35. The molecule has 0 radical (unpaired) electrons. The molecule has 0 atom stereocenters. The van der Waals surface area contributed by atoms with Crippen LogP contribution >= 0.6 is 0 Å². The smallest absolute Gasteiger partial charge is 0.143 e. The van der Waals surface area contributed by atoms with Gasteiger partial charge >= 0.3 is 0 Å². The standard InChI is InChI=1S/C39H35NO/c1-37(2)31-22-30-27-12-7-9-16-33(27)40(34(30)23-32(31)38(3,4)39(37,5)6)25-20-18-24(19-21-25)26-14-11-15-29-28-13-8-10-17-35(28)41-36(26)29/h7-23H,1-6H3. The molecule has 1 aliphatic rings. The molecule has 0 aliphatic heterocycles. The van der Waals surface area contributed by atoms with Gasteiger partial charge in [-0.25, -0.2) is 0 Å². The molecule has 0 bridgehead atoms. The zero-order valence-corrected chi connectivity index (χ0v) is 24.7. The third kappa shape index (κ3) is 3.03. The Morgan fingerprint density at radius 1 is 0.537 bits per heavy atom. The molecule has 2 heterocycles. The van der Waals surface area contributed by atoms with Crippen LogP contribution in [0.4, 0.5) is 0 Å². The molecule has 0 spiro atoms. The zero-order valence-electron chi connectivity index (χ0n) is 24.7. The van der Waals surface area contributed by atoms with E-state index in [1.54, 1.807) is 0 Å². The molecule has 202 valence electrons. The molecule has 0 saturated heterocycles.